The fraction of sp³-hybridized carbons (Fsp3) is 0.0870. The number of nitrogens with one attached hydrogen (secondary N) is 2. The highest BCUT2D eigenvalue weighted by Gasteiger charge is 2.35. The molecule has 0 spiro atoms. The zero-order chi connectivity index (χ0) is 24.5. The van der Waals surface area contributed by atoms with Crippen molar-refractivity contribution in [2.24, 2.45) is 0 Å². The number of nitrogens with zero attached hydrogens (tertiary/aromatic N) is 1. The normalized spacial score (nSPS) is 13.1. The van der Waals surface area contributed by atoms with Crippen molar-refractivity contribution in [1.29, 1.82) is 0 Å². The second-order valence-electron chi connectivity index (χ2n) is 7.37. The molecule has 174 valence electrons. The first kappa shape index (κ1) is 23.7. The number of imide groups is 1. The Labute approximate surface area is 205 Å². The van der Waals surface area contributed by atoms with Crippen LogP contribution < -0.4 is 10.0 Å². The highest BCUT2D eigenvalue weighted by Crippen LogP contribution is 2.28. The largest absolute Gasteiger partial charge is 0.326 e. The van der Waals surface area contributed by atoms with Gasteiger partial charge in [0, 0.05) is 23.7 Å². The number of halogens is 2. The summed E-state index contributed by atoms with van der Waals surface area (Å²) < 4.78 is 28.0. The van der Waals surface area contributed by atoms with Gasteiger partial charge in [0.15, 0.2) is 0 Å². The van der Waals surface area contributed by atoms with E-state index in [1.807, 2.05) is 0 Å². The quantitative estimate of drug-likeness (QED) is 0.450. The Morgan fingerprint density at radius 3 is 2.18 bits per heavy atom. The van der Waals surface area contributed by atoms with Gasteiger partial charge in [-0.25, -0.2) is 8.42 Å². The van der Waals surface area contributed by atoms with Crippen LogP contribution in [0.4, 0.5) is 11.4 Å². The Balaban J connectivity index is 1.44. The van der Waals surface area contributed by atoms with Gasteiger partial charge in [-0.1, -0.05) is 41.4 Å². The minimum atomic E-state index is -4.08. The van der Waals surface area contributed by atoms with E-state index in [0.717, 1.165) is 4.90 Å². The second-order valence-corrected chi connectivity index (χ2v) is 9.86. The lowest BCUT2D eigenvalue weighted by Crippen LogP contribution is -2.32. The summed E-state index contributed by atoms with van der Waals surface area (Å²) in [5.41, 5.74) is 1.03. The lowest BCUT2D eigenvalue weighted by atomic mass is 10.1. The van der Waals surface area contributed by atoms with Crippen LogP contribution in [0.2, 0.25) is 10.0 Å². The summed E-state index contributed by atoms with van der Waals surface area (Å²) in [4.78, 5) is 38.1. The van der Waals surface area contributed by atoms with Gasteiger partial charge in [-0.15, -0.1) is 0 Å². The van der Waals surface area contributed by atoms with E-state index in [2.05, 4.69) is 10.0 Å². The number of hydrogen-bond acceptors (Lipinski definition) is 5. The first-order valence-electron chi connectivity index (χ1n) is 9.99. The number of amides is 3. The highest BCUT2D eigenvalue weighted by atomic mass is 35.5. The standard InChI is InChI=1S/C23H17Cl2N3O5S/c24-14-4-3-5-16(12-14)27-34(32,33)20-13-15(8-9-19(20)25)26-21(29)10-11-28-22(30)17-6-1-2-7-18(17)23(28)31/h1-9,12-13,27H,10-11H2,(H,26,29). The van der Waals surface area contributed by atoms with Crippen molar-refractivity contribution in [2.75, 3.05) is 16.6 Å². The SMILES string of the molecule is O=C(CCN1C(=O)c2ccccc2C1=O)Nc1ccc(Cl)c(S(=O)(=O)Nc2cccc(Cl)c2)c1. The number of hydrogen-bond donors (Lipinski definition) is 2. The first-order chi connectivity index (χ1) is 16.2. The summed E-state index contributed by atoms with van der Waals surface area (Å²) >= 11 is 12.0. The third-order valence-corrected chi connectivity index (χ3v) is 7.12. The van der Waals surface area contributed by atoms with Gasteiger partial charge in [0.2, 0.25) is 5.91 Å². The summed E-state index contributed by atoms with van der Waals surface area (Å²) in [7, 11) is -4.08. The molecule has 0 bridgehead atoms. The molecule has 1 heterocycles. The summed E-state index contributed by atoms with van der Waals surface area (Å²) in [5.74, 6) is -1.43. The van der Waals surface area contributed by atoms with Gasteiger partial charge in [-0.05, 0) is 48.5 Å². The van der Waals surface area contributed by atoms with Crippen LogP contribution in [0.5, 0.6) is 0 Å². The smallest absolute Gasteiger partial charge is 0.263 e. The predicted octanol–water partition coefficient (Wildman–Crippen LogP) is 4.42. The Morgan fingerprint density at radius 2 is 1.53 bits per heavy atom. The van der Waals surface area contributed by atoms with Gasteiger partial charge in [-0.3, -0.25) is 24.0 Å². The minimum absolute atomic E-state index is 0.0430. The molecule has 0 saturated carbocycles. The van der Waals surface area contributed by atoms with Crippen molar-refractivity contribution < 1.29 is 22.8 Å². The number of sulfonamides is 1. The molecule has 1 aliphatic heterocycles. The Morgan fingerprint density at radius 1 is 0.853 bits per heavy atom. The maximum atomic E-state index is 12.8. The number of carbonyl (C=O) groups excluding carboxylic acids is 3. The molecule has 3 aromatic carbocycles. The summed E-state index contributed by atoms with van der Waals surface area (Å²) in [6.45, 7) is -0.118. The predicted molar refractivity (Wildman–Crippen MR) is 129 cm³/mol. The van der Waals surface area contributed by atoms with E-state index in [1.54, 1.807) is 36.4 Å². The molecule has 0 saturated heterocycles. The van der Waals surface area contributed by atoms with Gasteiger partial charge >= 0.3 is 0 Å². The Kier molecular flexibility index (Phi) is 6.60. The zero-order valence-corrected chi connectivity index (χ0v) is 19.7. The van der Waals surface area contributed by atoms with E-state index in [-0.39, 0.29) is 34.3 Å². The molecule has 3 amide bonds. The molecule has 8 nitrogen and oxygen atoms in total. The van der Waals surface area contributed by atoms with E-state index >= 15 is 0 Å². The van der Waals surface area contributed by atoms with E-state index < -0.39 is 27.7 Å². The van der Waals surface area contributed by atoms with Crippen LogP contribution in [-0.4, -0.2) is 37.6 Å². The fourth-order valence-corrected chi connectivity index (χ4v) is 5.19. The van der Waals surface area contributed by atoms with Gasteiger partial charge in [-0.2, -0.15) is 0 Å². The maximum absolute atomic E-state index is 12.8. The molecule has 0 unspecified atom stereocenters. The van der Waals surface area contributed by atoms with Crippen LogP contribution in [0.15, 0.2) is 71.6 Å². The number of benzene rings is 3. The summed E-state index contributed by atoms with van der Waals surface area (Å²) in [6.07, 6.45) is -0.170. The molecular formula is C23H17Cl2N3O5S. The maximum Gasteiger partial charge on any atom is 0.263 e. The van der Waals surface area contributed by atoms with Crippen LogP contribution in [0.3, 0.4) is 0 Å². The van der Waals surface area contributed by atoms with Crippen molar-refractivity contribution >= 4 is 62.3 Å². The van der Waals surface area contributed by atoms with Crippen molar-refractivity contribution in [2.45, 2.75) is 11.3 Å². The molecule has 3 aromatic rings. The molecule has 11 heteroatoms. The molecule has 1 aliphatic rings. The third kappa shape index (κ3) is 4.91. The average Bonchev–Trinajstić information content (AvgIpc) is 3.03. The summed E-state index contributed by atoms with van der Waals surface area (Å²) in [6, 6.07) is 16.6. The van der Waals surface area contributed by atoms with Crippen molar-refractivity contribution in [1.82, 2.24) is 4.90 Å². The van der Waals surface area contributed by atoms with Crippen LogP contribution in [0.25, 0.3) is 0 Å². The molecule has 34 heavy (non-hydrogen) atoms. The lowest BCUT2D eigenvalue weighted by molar-refractivity contribution is -0.116. The minimum Gasteiger partial charge on any atom is -0.326 e. The molecule has 0 fully saturated rings. The number of fused-ring (bicyclic) bond motifs is 1. The zero-order valence-electron chi connectivity index (χ0n) is 17.4. The molecule has 0 radical (unpaired) electrons. The van der Waals surface area contributed by atoms with Gasteiger partial charge < -0.3 is 5.32 Å². The molecule has 0 aliphatic carbocycles. The van der Waals surface area contributed by atoms with Crippen molar-refractivity contribution in [3.05, 3.63) is 87.9 Å². The van der Waals surface area contributed by atoms with Crippen molar-refractivity contribution in [3.8, 4) is 0 Å². The number of carbonyl (C=O) groups is 3. The Hall–Kier alpha value is -3.40. The van der Waals surface area contributed by atoms with Crippen LogP contribution in [0.1, 0.15) is 27.1 Å². The molecule has 0 aromatic heterocycles. The van der Waals surface area contributed by atoms with Gasteiger partial charge in [0.1, 0.15) is 4.90 Å². The second kappa shape index (κ2) is 9.46. The monoisotopic (exact) mass is 517 g/mol. The number of rotatable bonds is 7. The highest BCUT2D eigenvalue weighted by molar-refractivity contribution is 7.92. The molecule has 4 rings (SSSR count). The first-order valence-corrected chi connectivity index (χ1v) is 12.2. The van der Waals surface area contributed by atoms with E-state index in [4.69, 9.17) is 23.2 Å². The van der Waals surface area contributed by atoms with E-state index in [0.29, 0.717) is 16.1 Å². The van der Waals surface area contributed by atoms with E-state index in [1.165, 1.54) is 30.3 Å². The number of anilines is 2. The van der Waals surface area contributed by atoms with Crippen LogP contribution in [-0.2, 0) is 14.8 Å². The van der Waals surface area contributed by atoms with Crippen LogP contribution >= 0.6 is 23.2 Å². The molecule has 2 N–H and O–H groups in total. The van der Waals surface area contributed by atoms with Gasteiger partial charge in [0.25, 0.3) is 21.8 Å². The van der Waals surface area contributed by atoms with Crippen LogP contribution in [0, 0.1) is 0 Å². The topological polar surface area (TPSA) is 113 Å². The summed E-state index contributed by atoms with van der Waals surface area (Å²) in [5, 5.41) is 2.88. The van der Waals surface area contributed by atoms with Gasteiger partial charge in [0.05, 0.1) is 21.8 Å². The van der Waals surface area contributed by atoms with Crippen molar-refractivity contribution in [3.63, 3.8) is 0 Å². The third-order valence-electron chi connectivity index (χ3n) is 5.02. The average molecular weight is 518 g/mol. The molecular weight excluding hydrogens is 501 g/mol. The molecule has 0 atom stereocenters. The Bertz CT molecular complexity index is 1390. The van der Waals surface area contributed by atoms with E-state index in [9.17, 15) is 22.8 Å². The lowest BCUT2D eigenvalue weighted by Gasteiger charge is -2.14. The fourth-order valence-electron chi connectivity index (χ4n) is 3.43.